The van der Waals surface area contributed by atoms with Gasteiger partial charge in [-0.25, -0.2) is 9.59 Å². The van der Waals surface area contributed by atoms with Crippen molar-refractivity contribution in [2.75, 3.05) is 20.1 Å². The first-order chi connectivity index (χ1) is 11.5. The highest BCUT2D eigenvalue weighted by Crippen LogP contribution is 2.19. The van der Waals surface area contributed by atoms with Crippen molar-refractivity contribution in [3.63, 3.8) is 0 Å². The normalized spacial score (nSPS) is 17.3. The topological polar surface area (TPSA) is 67.9 Å². The lowest BCUT2D eigenvalue weighted by Crippen LogP contribution is -2.40. The second-order valence-corrected chi connectivity index (χ2v) is 6.38. The Morgan fingerprint density at radius 1 is 1.17 bits per heavy atom. The monoisotopic (exact) mass is 334 g/mol. The summed E-state index contributed by atoms with van der Waals surface area (Å²) in [7, 11) is 2.05. The Morgan fingerprint density at radius 2 is 1.79 bits per heavy atom. The molecule has 0 spiro atoms. The first kappa shape index (κ1) is 18.3. The molecule has 0 saturated carbocycles. The third kappa shape index (κ3) is 5.53. The van der Waals surface area contributed by atoms with E-state index in [9.17, 15) is 9.59 Å². The van der Waals surface area contributed by atoms with Gasteiger partial charge in [0.15, 0.2) is 6.04 Å². The zero-order valence-electron chi connectivity index (χ0n) is 14.5. The summed E-state index contributed by atoms with van der Waals surface area (Å²) in [6.07, 6.45) is 0.619. The molecule has 0 radical (unpaired) electrons. The number of carbonyl (C=O) groups excluding carboxylic acids is 2. The molecule has 1 aromatic rings. The van der Waals surface area contributed by atoms with Crippen LogP contribution in [0.15, 0.2) is 30.3 Å². The van der Waals surface area contributed by atoms with Crippen LogP contribution in [0.1, 0.15) is 38.3 Å². The van der Waals surface area contributed by atoms with Crippen LogP contribution in [0.25, 0.3) is 0 Å². The summed E-state index contributed by atoms with van der Waals surface area (Å²) in [4.78, 5) is 26.7. The zero-order chi connectivity index (χ0) is 17.5. The molecule has 0 bridgehead atoms. The quantitative estimate of drug-likeness (QED) is 0.838. The fourth-order valence-corrected chi connectivity index (χ4v) is 2.62. The molecule has 2 rings (SSSR count). The summed E-state index contributed by atoms with van der Waals surface area (Å²) in [5.74, 6) is -0.448. The van der Waals surface area contributed by atoms with Gasteiger partial charge in [-0.1, -0.05) is 30.3 Å². The zero-order valence-corrected chi connectivity index (χ0v) is 14.5. The second kappa shape index (κ2) is 8.68. The van der Waals surface area contributed by atoms with E-state index in [1.165, 1.54) is 0 Å². The summed E-state index contributed by atoms with van der Waals surface area (Å²) in [6, 6.07) is 8.21. The van der Waals surface area contributed by atoms with Crippen LogP contribution in [-0.2, 0) is 14.3 Å². The molecule has 1 amide bonds. The minimum atomic E-state index is -0.864. The van der Waals surface area contributed by atoms with Gasteiger partial charge in [-0.3, -0.25) is 0 Å². The summed E-state index contributed by atoms with van der Waals surface area (Å²) in [5, 5.41) is 2.62. The molecule has 6 heteroatoms. The van der Waals surface area contributed by atoms with E-state index in [1.807, 2.05) is 25.2 Å². The molecular formula is C18H26N2O4. The molecule has 6 nitrogen and oxygen atoms in total. The van der Waals surface area contributed by atoms with Crippen molar-refractivity contribution in [3.05, 3.63) is 35.9 Å². The molecule has 1 atom stereocenters. The largest absolute Gasteiger partial charge is 0.460 e. The average Bonchev–Trinajstić information content (AvgIpc) is 2.55. The Kier molecular flexibility index (Phi) is 6.61. The summed E-state index contributed by atoms with van der Waals surface area (Å²) >= 11 is 0. The Hall–Kier alpha value is -2.08. The first-order valence-corrected chi connectivity index (χ1v) is 8.37. The number of esters is 1. The molecule has 1 unspecified atom stereocenters. The highest BCUT2D eigenvalue weighted by atomic mass is 16.6. The minimum Gasteiger partial charge on any atom is -0.460 e. The van der Waals surface area contributed by atoms with E-state index in [4.69, 9.17) is 9.47 Å². The van der Waals surface area contributed by atoms with Crippen molar-refractivity contribution in [3.8, 4) is 0 Å². The van der Waals surface area contributed by atoms with Crippen LogP contribution in [0.2, 0.25) is 0 Å². The van der Waals surface area contributed by atoms with Crippen LogP contribution >= 0.6 is 0 Å². The second-order valence-electron chi connectivity index (χ2n) is 6.38. The number of nitrogens with one attached hydrogen (secondary N) is 1. The van der Waals surface area contributed by atoms with E-state index in [1.54, 1.807) is 26.0 Å². The molecule has 1 N–H and O–H groups in total. The van der Waals surface area contributed by atoms with Gasteiger partial charge in [0.05, 0.1) is 6.10 Å². The van der Waals surface area contributed by atoms with Gasteiger partial charge >= 0.3 is 12.1 Å². The Morgan fingerprint density at radius 3 is 2.38 bits per heavy atom. The van der Waals surface area contributed by atoms with Crippen molar-refractivity contribution in [2.45, 2.75) is 44.9 Å². The summed E-state index contributed by atoms with van der Waals surface area (Å²) in [5.41, 5.74) is 0.677. The first-order valence-electron chi connectivity index (χ1n) is 8.37. The van der Waals surface area contributed by atoms with Gasteiger partial charge < -0.3 is 19.7 Å². The minimum absolute atomic E-state index is 0.108. The van der Waals surface area contributed by atoms with Crippen molar-refractivity contribution >= 4 is 12.1 Å². The van der Waals surface area contributed by atoms with Gasteiger partial charge in [0, 0.05) is 13.1 Å². The lowest BCUT2D eigenvalue weighted by Gasteiger charge is -2.30. The number of carbonyl (C=O) groups is 2. The number of rotatable bonds is 5. The van der Waals surface area contributed by atoms with E-state index < -0.39 is 18.1 Å². The molecule has 1 aliphatic rings. The van der Waals surface area contributed by atoms with Gasteiger partial charge in [-0.05, 0) is 39.3 Å². The van der Waals surface area contributed by atoms with E-state index in [0.29, 0.717) is 5.56 Å². The van der Waals surface area contributed by atoms with Crippen LogP contribution < -0.4 is 5.32 Å². The molecule has 0 aliphatic carbocycles. The molecule has 1 saturated heterocycles. The van der Waals surface area contributed by atoms with E-state index in [2.05, 4.69) is 10.2 Å². The molecule has 1 heterocycles. The average molecular weight is 334 g/mol. The van der Waals surface area contributed by atoms with Gasteiger partial charge in [0.1, 0.15) is 6.10 Å². The lowest BCUT2D eigenvalue weighted by molar-refractivity contribution is -0.153. The third-order valence-corrected chi connectivity index (χ3v) is 3.92. The van der Waals surface area contributed by atoms with E-state index >= 15 is 0 Å². The smallest absolute Gasteiger partial charge is 0.408 e. The van der Waals surface area contributed by atoms with Gasteiger partial charge in [0.2, 0.25) is 0 Å². The maximum Gasteiger partial charge on any atom is 0.408 e. The van der Waals surface area contributed by atoms with Crippen molar-refractivity contribution in [1.29, 1.82) is 0 Å². The standard InChI is InChI=1S/C18H26N2O4/c1-13(2)23-18(22)19-16(14-7-5-4-6-8-14)17(21)24-15-9-11-20(3)12-10-15/h4-8,13,15-16H,9-12H2,1-3H3,(H,19,22). The third-order valence-electron chi connectivity index (χ3n) is 3.92. The molecule has 1 aromatic carbocycles. The van der Waals surface area contributed by atoms with Crippen LogP contribution in [0.5, 0.6) is 0 Å². The fraction of sp³-hybridized carbons (Fsp3) is 0.556. The highest BCUT2D eigenvalue weighted by Gasteiger charge is 2.29. The van der Waals surface area contributed by atoms with E-state index in [0.717, 1.165) is 25.9 Å². The number of nitrogens with zero attached hydrogens (tertiary/aromatic N) is 1. The molecule has 0 aromatic heterocycles. The SMILES string of the molecule is CC(C)OC(=O)NC(C(=O)OC1CCN(C)CC1)c1ccccc1. The number of hydrogen-bond donors (Lipinski definition) is 1. The lowest BCUT2D eigenvalue weighted by atomic mass is 10.1. The maximum absolute atomic E-state index is 12.6. The number of benzene rings is 1. The van der Waals surface area contributed by atoms with E-state index in [-0.39, 0.29) is 12.2 Å². The predicted octanol–water partition coefficient (Wildman–Crippen LogP) is 2.50. The molecule has 24 heavy (non-hydrogen) atoms. The Balaban J connectivity index is 2.04. The number of hydrogen-bond acceptors (Lipinski definition) is 5. The van der Waals surface area contributed by atoms with Gasteiger partial charge in [0.25, 0.3) is 0 Å². The van der Waals surface area contributed by atoms with Crippen molar-refractivity contribution in [1.82, 2.24) is 10.2 Å². The fourth-order valence-electron chi connectivity index (χ4n) is 2.62. The van der Waals surface area contributed by atoms with Crippen molar-refractivity contribution < 1.29 is 19.1 Å². The molecule has 1 aliphatic heterocycles. The Labute approximate surface area is 143 Å². The number of amides is 1. The maximum atomic E-state index is 12.6. The van der Waals surface area contributed by atoms with Crippen molar-refractivity contribution in [2.24, 2.45) is 0 Å². The van der Waals surface area contributed by atoms with Crippen LogP contribution in [-0.4, -0.2) is 49.3 Å². The number of likely N-dealkylation sites (tertiary alicyclic amines) is 1. The van der Waals surface area contributed by atoms with Gasteiger partial charge in [-0.2, -0.15) is 0 Å². The number of alkyl carbamates (subject to hydrolysis) is 1. The summed E-state index contributed by atoms with van der Waals surface area (Å²) < 4.78 is 10.7. The van der Waals surface area contributed by atoms with Crippen LogP contribution in [0.4, 0.5) is 4.79 Å². The molecular weight excluding hydrogens is 308 g/mol. The summed E-state index contributed by atoms with van der Waals surface area (Å²) in [6.45, 7) is 5.31. The number of ether oxygens (including phenoxy) is 2. The molecule has 132 valence electrons. The van der Waals surface area contributed by atoms with Crippen LogP contribution in [0, 0.1) is 0 Å². The highest BCUT2D eigenvalue weighted by molar-refractivity contribution is 5.82. The Bertz CT molecular complexity index is 539. The van der Waals surface area contributed by atoms with Crippen LogP contribution in [0.3, 0.4) is 0 Å². The predicted molar refractivity (Wildman–Crippen MR) is 90.5 cm³/mol. The molecule has 1 fully saturated rings. The van der Waals surface area contributed by atoms with Gasteiger partial charge in [-0.15, -0.1) is 0 Å². The number of piperidine rings is 1.